The third-order valence-electron chi connectivity index (χ3n) is 4.51. The Morgan fingerprint density at radius 1 is 1.06 bits per heavy atom. The molecule has 17 heavy (non-hydrogen) atoms. The van der Waals surface area contributed by atoms with Crippen LogP contribution in [0, 0.1) is 11.8 Å². The highest BCUT2D eigenvalue weighted by Crippen LogP contribution is 2.29. The van der Waals surface area contributed by atoms with Crippen LogP contribution in [-0.2, 0) is 4.74 Å². The molecule has 0 aromatic heterocycles. The Kier molecular flexibility index (Phi) is 5.79. The maximum atomic E-state index is 5.70. The molecule has 1 N–H and O–H groups in total. The zero-order valence-corrected chi connectivity index (χ0v) is 11.4. The summed E-state index contributed by atoms with van der Waals surface area (Å²) in [6, 6.07) is 0.758. The Morgan fingerprint density at radius 3 is 2.59 bits per heavy atom. The van der Waals surface area contributed by atoms with E-state index in [4.69, 9.17) is 4.74 Å². The van der Waals surface area contributed by atoms with Crippen LogP contribution in [0.1, 0.15) is 58.3 Å². The van der Waals surface area contributed by atoms with Gasteiger partial charge in [-0.25, -0.2) is 0 Å². The van der Waals surface area contributed by atoms with Crippen LogP contribution in [0.4, 0.5) is 0 Å². The van der Waals surface area contributed by atoms with Gasteiger partial charge in [0, 0.05) is 19.2 Å². The van der Waals surface area contributed by atoms with Gasteiger partial charge in [0.05, 0.1) is 6.61 Å². The predicted molar refractivity (Wildman–Crippen MR) is 72.2 cm³/mol. The molecule has 0 saturated heterocycles. The molecule has 0 aliphatic heterocycles. The summed E-state index contributed by atoms with van der Waals surface area (Å²) in [5.74, 6) is 1.91. The average molecular weight is 239 g/mol. The van der Waals surface area contributed by atoms with Gasteiger partial charge in [-0.3, -0.25) is 0 Å². The minimum atomic E-state index is 0.758. The fraction of sp³-hybridized carbons (Fsp3) is 1.00. The van der Waals surface area contributed by atoms with E-state index in [1.54, 1.807) is 0 Å². The first-order valence-electron chi connectivity index (χ1n) is 7.65. The molecule has 2 aliphatic rings. The van der Waals surface area contributed by atoms with E-state index < -0.39 is 0 Å². The van der Waals surface area contributed by atoms with Crippen LogP contribution in [0.25, 0.3) is 0 Å². The Morgan fingerprint density at radius 2 is 1.88 bits per heavy atom. The van der Waals surface area contributed by atoms with Crippen molar-refractivity contribution in [3.8, 4) is 0 Å². The maximum Gasteiger partial charge on any atom is 0.0591 e. The molecular formula is C15H29NO. The third kappa shape index (κ3) is 4.97. The Hall–Kier alpha value is -0.0800. The van der Waals surface area contributed by atoms with Crippen LogP contribution < -0.4 is 5.32 Å². The fourth-order valence-corrected chi connectivity index (χ4v) is 3.09. The monoisotopic (exact) mass is 239 g/mol. The molecule has 2 atom stereocenters. The van der Waals surface area contributed by atoms with Crippen LogP contribution in [0.5, 0.6) is 0 Å². The van der Waals surface area contributed by atoms with Crippen molar-refractivity contribution in [2.24, 2.45) is 11.8 Å². The van der Waals surface area contributed by atoms with E-state index in [-0.39, 0.29) is 0 Å². The van der Waals surface area contributed by atoms with E-state index in [0.29, 0.717) is 0 Å². The second-order valence-electron chi connectivity index (χ2n) is 6.12. The molecule has 2 nitrogen and oxygen atoms in total. The molecule has 2 heteroatoms. The van der Waals surface area contributed by atoms with Crippen molar-refractivity contribution in [3.05, 3.63) is 0 Å². The fourth-order valence-electron chi connectivity index (χ4n) is 3.09. The van der Waals surface area contributed by atoms with Gasteiger partial charge in [0.2, 0.25) is 0 Å². The van der Waals surface area contributed by atoms with Gasteiger partial charge in [-0.2, -0.15) is 0 Å². The van der Waals surface area contributed by atoms with Crippen molar-refractivity contribution in [3.63, 3.8) is 0 Å². The first-order chi connectivity index (χ1) is 8.34. The second kappa shape index (κ2) is 7.38. The predicted octanol–water partition coefficient (Wildman–Crippen LogP) is 3.36. The van der Waals surface area contributed by atoms with Crippen LogP contribution >= 0.6 is 0 Å². The Bertz CT molecular complexity index is 203. The second-order valence-corrected chi connectivity index (χ2v) is 6.12. The molecule has 2 unspecified atom stereocenters. The lowest BCUT2D eigenvalue weighted by Gasteiger charge is -2.27. The summed E-state index contributed by atoms with van der Waals surface area (Å²) < 4.78 is 5.70. The molecule has 2 rings (SSSR count). The van der Waals surface area contributed by atoms with Gasteiger partial charge in [0.25, 0.3) is 0 Å². The van der Waals surface area contributed by atoms with E-state index in [2.05, 4.69) is 12.2 Å². The molecule has 100 valence electrons. The summed E-state index contributed by atoms with van der Waals surface area (Å²) in [5.41, 5.74) is 0. The first-order valence-corrected chi connectivity index (χ1v) is 7.65. The average Bonchev–Trinajstić information content (AvgIpc) is 2.25. The number of rotatable bonds is 7. The van der Waals surface area contributed by atoms with Crippen molar-refractivity contribution in [1.82, 2.24) is 5.32 Å². The van der Waals surface area contributed by atoms with Crippen LogP contribution in [0.15, 0.2) is 0 Å². The molecular weight excluding hydrogens is 210 g/mol. The highest BCUT2D eigenvalue weighted by atomic mass is 16.5. The summed E-state index contributed by atoms with van der Waals surface area (Å²) in [5, 5.41) is 3.64. The van der Waals surface area contributed by atoms with Crippen molar-refractivity contribution in [2.75, 3.05) is 19.8 Å². The number of hydrogen-bond acceptors (Lipinski definition) is 2. The minimum Gasteiger partial charge on any atom is -0.380 e. The van der Waals surface area contributed by atoms with Gasteiger partial charge in [0.15, 0.2) is 0 Å². The first kappa shape index (κ1) is 13.4. The van der Waals surface area contributed by atoms with Gasteiger partial charge < -0.3 is 10.1 Å². The number of ether oxygens (including phenoxy) is 1. The summed E-state index contributed by atoms with van der Waals surface area (Å²) in [6.07, 6.45) is 11.2. The molecule has 0 radical (unpaired) electrons. The van der Waals surface area contributed by atoms with Crippen LogP contribution in [0.2, 0.25) is 0 Å². The number of nitrogens with one attached hydrogen (secondary N) is 1. The maximum absolute atomic E-state index is 5.70. The third-order valence-corrected chi connectivity index (χ3v) is 4.51. The molecule has 2 fully saturated rings. The van der Waals surface area contributed by atoms with Gasteiger partial charge >= 0.3 is 0 Å². The molecule has 2 aliphatic carbocycles. The quantitative estimate of drug-likeness (QED) is 0.688. The standard InChI is InChI=1S/C15H29NO/c1-13-4-2-7-15(12-13)16-9-11-17-10-8-14-5-3-6-14/h13-16H,2-12H2,1H3. The summed E-state index contributed by atoms with van der Waals surface area (Å²) in [4.78, 5) is 0. The topological polar surface area (TPSA) is 21.3 Å². The Balaban J connectivity index is 1.40. The molecule has 0 bridgehead atoms. The molecule has 0 amide bonds. The van der Waals surface area contributed by atoms with E-state index in [1.165, 1.54) is 51.4 Å². The van der Waals surface area contributed by atoms with Crippen molar-refractivity contribution < 1.29 is 4.74 Å². The van der Waals surface area contributed by atoms with Crippen molar-refractivity contribution in [2.45, 2.75) is 64.3 Å². The summed E-state index contributed by atoms with van der Waals surface area (Å²) >= 11 is 0. The van der Waals surface area contributed by atoms with E-state index in [1.807, 2.05) is 0 Å². The lowest BCUT2D eigenvalue weighted by molar-refractivity contribution is 0.105. The lowest BCUT2D eigenvalue weighted by atomic mass is 9.83. The normalized spacial score (nSPS) is 30.2. The van der Waals surface area contributed by atoms with Gasteiger partial charge in [0.1, 0.15) is 0 Å². The highest BCUT2D eigenvalue weighted by molar-refractivity contribution is 4.75. The van der Waals surface area contributed by atoms with E-state index in [9.17, 15) is 0 Å². The molecule has 2 saturated carbocycles. The molecule has 0 aromatic rings. The van der Waals surface area contributed by atoms with Crippen LogP contribution in [0.3, 0.4) is 0 Å². The summed E-state index contributed by atoms with van der Waals surface area (Å²) in [7, 11) is 0. The Labute approximate surface area is 107 Å². The number of hydrogen-bond donors (Lipinski definition) is 1. The largest absolute Gasteiger partial charge is 0.380 e. The molecule has 0 spiro atoms. The summed E-state index contributed by atoms with van der Waals surface area (Å²) in [6.45, 7) is 5.30. The van der Waals surface area contributed by atoms with Crippen LogP contribution in [-0.4, -0.2) is 25.8 Å². The van der Waals surface area contributed by atoms with Gasteiger partial charge in [-0.05, 0) is 31.1 Å². The minimum absolute atomic E-state index is 0.758. The molecule has 0 heterocycles. The van der Waals surface area contributed by atoms with Gasteiger partial charge in [-0.15, -0.1) is 0 Å². The molecule has 0 aromatic carbocycles. The zero-order chi connectivity index (χ0) is 11.9. The van der Waals surface area contributed by atoms with Gasteiger partial charge in [-0.1, -0.05) is 39.0 Å². The zero-order valence-electron chi connectivity index (χ0n) is 11.4. The van der Waals surface area contributed by atoms with E-state index in [0.717, 1.165) is 37.6 Å². The smallest absolute Gasteiger partial charge is 0.0591 e. The van der Waals surface area contributed by atoms with Crippen molar-refractivity contribution in [1.29, 1.82) is 0 Å². The van der Waals surface area contributed by atoms with E-state index >= 15 is 0 Å². The van der Waals surface area contributed by atoms with Crippen molar-refractivity contribution >= 4 is 0 Å². The SMILES string of the molecule is CC1CCCC(NCCOCCC2CCC2)C1. The lowest BCUT2D eigenvalue weighted by Crippen LogP contribution is -2.35. The highest BCUT2D eigenvalue weighted by Gasteiger charge is 2.18.